The van der Waals surface area contributed by atoms with Gasteiger partial charge in [-0.15, -0.1) is 0 Å². The van der Waals surface area contributed by atoms with Gasteiger partial charge >= 0.3 is 0 Å². The molecule has 25 heavy (non-hydrogen) atoms. The average molecular weight is 341 g/mol. The predicted molar refractivity (Wildman–Crippen MR) is 98.1 cm³/mol. The molecule has 1 aliphatic heterocycles. The molecule has 6 heteroatoms. The summed E-state index contributed by atoms with van der Waals surface area (Å²) >= 11 is 0. The molecule has 1 unspecified atom stereocenters. The van der Waals surface area contributed by atoms with E-state index < -0.39 is 0 Å². The lowest BCUT2D eigenvalue weighted by Crippen LogP contribution is -2.41. The summed E-state index contributed by atoms with van der Waals surface area (Å²) in [5, 5.41) is 7.47. The van der Waals surface area contributed by atoms with Crippen molar-refractivity contribution in [1.29, 1.82) is 0 Å². The highest BCUT2D eigenvalue weighted by Crippen LogP contribution is 2.15. The van der Waals surface area contributed by atoms with Crippen molar-refractivity contribution in [3.8, 4) is 0 Å². The highest BCUT2D eigenvalue weighted by atomic mass is 16.2. The van der Waals surface area contributed by atoms with Crippen LogP contribution in [0.5, 0.6) is 0 Å². The van der Waals surface area contributed by atoms with Crippen molar-refractivity contribution >= 4 is 5.91 Å². The van der Waals surface area contributed by atoms with Gasteiger partial charge in [-0.3, -0.25) is 14.4 Å². The summed E-state index contributed by atoms with van der Waals surface area (Å²) in [6, 6.07) is 11.9. The van der Waals surface area contributed by atoms with E-state index >= 15 is 0 Å². The van der Waals surface area contributed by atoms with Crippen LogP contribution >= 0.6 is 0 Å². The maximum Gasteiger partial charge on any atom is 0.234 e. The largest absolute Gasteiger partial charge is 0.346 e. The molecule has 0 bridgehead atoms. The van der Waals surface area contributed by atoms with E-state index in [-0.39, 0.29) is 11.9 Å². The minimum Gasteiger partial charge on any atom is -0.346 e. The Morgan fingerprint density at radius 3 is 2.76 bits per heavy atom. The van der Waals surface area contributed by atoms with E-state index in [1.807, 2.05) is 35.1 Å². The number of benzene rings is 1. The van der Waals surface area contributed by atoms with Crippen LogP contribution in [0.3, 0.4) is 0 Å². The maximum absolute atomic E-state index is 12.6. The Morgan fingerprint density at radius 2 is 2.00 bits per heavy atom. The van der Waals surface area contributed by atoms with Crippen LogP contribution in [-0.2, 0) is 11.3 Å². The first-order valence-corrected chi connectivity index (χ1v) is 8.93. The van der Waals surface area contributed by atoms with Crippen molar-refractivity contribution < 1.29 is 4.79 Å². The predicted octanol–water partition coefficient (Wildman–Crippen LogP) is 1.38. The second-order valence-electron chi connectivity index (χ2n) is 6.69. The smallest absolute Gasteiger partial charge is 0.234 e. The van der Waals surface area contributed by atoms with Crippen molar-refractivity contribution in [2.75, 3.05) is 39.8 Å². The number of carbonyl (C=O) groups excluding carboxylic acids is 1. The number of likely N-dealkylation sites (N-methyl/N-ethyl adjacent to an activating group) is 1. The van der Waals surface area contributed by atoms with Crippen LogP contribution in [0.25, 0.3) is 0 Å². The summed E-state index contributed by atoms with van der Waals surface area (Å²) < 4.78 is 1.86. The van der Waals surface area contributed by atoms with Gasteiger partial charge in [-0.1, -0.05) is 30.3 Å². The van der Waals surface area contributed by atoms with Gasteiger partial charge in [0.05, 0.1) is 19.1 Å². The zero-order chi connectivity index (χ0) is 17.5. The fourth-order valence-electron chi connectivity index (χ4n) is 3.22. The Bertz CT molecular complexity index is 643. The summed E-state index contributed by atoms with van der Waals surface area (Å²) in [5.41, 5.74) is 1.10. The molecule has 2 aromatic rings. The number of aromatic nitrogens is 2. The van der Waals surface area contributed by atoms with Gasteiger partial charge in [-0.2, -0.15) is 5.10 Å². The van der Waals surface area contributed by atoms with E-state index in [0.717, 1.165) is 38.2 Å². The van der Waals surface area contributed by atoms with Crippen LogP contribution in [0.2, 0.25) is 0 Å². The zero-order valence-corrected chi connectivity index (χ0v) is 14.8. The Morgan fingerprint density at radius 1 is 1.16 bits per heavy atom. The van der Waals surface area contributed by atoms with Crippen molar-refractivity contribution in [3.63, 3.8) is 0 Å². The minimum atomic E-state index is -0.0803. The van der Waals surface area contributed by atoms with E-state index in [9.17, 15) is 4.79 Å². The third kappa shape index (κ3) is 5.41. The second kappa shape index (κ2) is 8.78. The van der Waals surface area contributed by atoms with Crippen LogP contribution in [0.1, 0.15) is 18.0 Å². The molecule has 1 atom stereocenters. The molecule has 1 aromatic carbocycles. The Kier molecular flexibility index (Phi) is 6.19. The number of nitrogens with one attached hydrogen (secondary N) is 1. The number of rotatable bonds is 6. The van der Waals surface area contributed by atoms with Crippen LogP contribution < -0.4 is 5.32 Å². The zero-order valence-electron chi connectivity index (χ0n) is 14.8. The molecule has 0 spiro atoms. The van der Waals surface area contributed by atoms with Crippen molar-refractivity contribution in [1.82, 2.24) is 24.9 Å². The molecule has 0 radical (unpaired) electrons. The molecular weight excluding hydrogens is 314 g/mol. The normalized spacial score (nSPS) is 17.8. The molecule has 1 aliphatic rings. The van der Waals surface area contributed by atoms with E-state index in [2.05, 4.69) is 39.4 Å². The molecule has 0 aliphatic carbocycles. The Hall–Kier alpha value is -2.18. The molecule has 1 aromatic heterocycles. The molecule has 1 N–H and O–H groups in total. The molecule has 2 heterocycles. The van der Waals surface area contributed by atoms with Crippen molar-refractivity contribution in [2.24, 2.45) is 0 Å². The molecular formula is C19H27N5O. The summed E-state index contributed by atoms with van der Waals surface area (Å²) in [4.78, 5) is 17.2. The molecule has 1 saturated heterocycles. The summed E-state index contributed by atoms with van der Waals surface area (Å²) in [6.45, 7) is 5.13. The van der Waals surface area contributed by atoms with Crippen LogP contribution in [0.4, 0.5) is 0 Å². The van der Waals surface area contributed by atoms with Crippen LogP contribution in [-0.4, -0.2) is 65.3 Å². The van der Waals surface area contributed by atoms with Gasteiger partial charge in [0.1, 0.15) is 0 Å². The maximum atomic E-state index is 12.6. The highest BCUT2D eigenvalue weighted by Gasteiger charge is 2.19. The molecule has 134 valence electrons. The Balaban J connectivity index is 1.62. The van der Waals surface area contributed by atoms with Gasteiger partial charge in [0.25, 0.3) is 0 Å². The highest BCUT2D eigenvalue weighted by molar-refractivity contribution is 5.78. The first-order chi connectivity index (χ1) is 12.2. The molecule has 0 saturated carbocycles. The summed E-state index contributed by atoms with van der Waals surface area (Å²) in [5.74, 6) is 0.0746. The number of carbonyl (C=O) groups is 1. The van der Waals surface area contributed by atoms with Crippen molar-refractivity contribution in [3.05, 3.63) is 54.4 Å². The quantitative estimate of drug-likeness (QED) is 0.862. The van der Waals surface area contributed by atoms with E-state index in [1.165, 1.54) is 0 Å². The number of amides is 1. The lowest BCUT2D eigenvalue weighted by molar-refractivity contribution is -0.123. The first kappa shape index (κ1) is 17.6. The molecule has 1 fully saturated rings. The summed E-state index contributed by atoms with van der Waals surface area (Å²) in [7, 11) is 2.14. The third-order valence-corrected chi connectivity index (χ3v) is 4.65. The van der Waals surface area contributed by atoms with Gasteiger partial charge in [0.15, 0.2) is 0 Å². The third-order valence-electron chi connectivity index (χ3n) is 4.65. The fourth-order valence-corrected chi connectivity index (χ4v) is 3.22. The number of nitrogens with zero attached hydrogens (tertiary/aromatic N) is 4. The van der Waals surface area contributed by atoms with Gasteiger partial charge in [-0.05, 0) is 38.2 Å². The lowest BCUT2D eigenvalue weighted by atomic mass is 10.1. The summed E-state index contributed by atoms with van der Waals surface area (Å²) in [6.07, 6.45) is 4.80. The topological polar surface area (TPSA) is 53.4 Å². The Labute approximate surface area is 149 Å². The van der Waals surface area contributed by atoms with E-state index in [0.29, 0.717) is 13.1 Å². The molecule has 1 amide bonds. The van der Waals surface area contributed by atoms with Gasteiger partial charge in [0, 0.05) is 25.5 Å². The number of hydrogen-bond acceptors (Lipinski definition) is 4. The van der Waals surface area contributed by atoms with Crippen LogP contribution in [0.15, 0.2) is 48.8 Å². The average Bonchev–Trinajstić information content (AvgIpc) is 3.04. The first-order valence-electron chi connectivity index (χ1n) is 8.93. The second-order valence-corrected chi connectivity index (χ2v) is 6.69. The standard InChI is InChI=1S/C19H27N5O/c1-22-10-6-11-23(14-13-22)16-19(25)21-18(15-24-12-5-9-20-24)17-7-3-2-4-8-17/h2-5,7-9,12,18H,6,10-11,13-16H2,1H3,(H,21,25). The van der Waals surface area contributed by atoms with E-state index in [4.69, 9.17) is 0 Å². The number of hydrogen-bond donors (Lipinski definition) is 1. The van der Waals surface area contributed by atoms with Crippen LogP contribution in [0, 0.1) is 0 Å². The molecule has 3 rings (SSSR count). The van der Waals surface area contributed by atoms with Gasteiger partial charge < -0.3 is 10.2 Å². The molecule has 6 nitrogen and oxygen atoms in total. The van der Waals surface area contributed by atoms with E-state index in [1.54, 1.807) is 6.20 Å². The lowest BCUT2D eigenvalue weighted by Gasteiger charge is -2.23. The minimum absolute atomic E-state index is 0.0746. The van der Waals surface area contributed by atoms with Gasteiger partial charge in [0.2, 0.25) is 5.91 Å². The van der Waals surface area contributed by atoms with Crippen molar-refractivity contribution in [2.45, 2.75) is 19.0 Å². The monoisotopic (exact) mass is 341 g/mol. The SMILES string of the molecule is CN1CCCN(CC(=O)NC(Cn2cccn2)c2ccccc2)CC1. The van der Waals surface area contributed by atoms with Gasteiger partial charge in [-0.25, -0.2) is 0 Å². The fraction of sp³-hybridized carbons (Fsp3) is 0.474.